The standard InChI is InChI=1S/C30H36ClN3O6S/c1-21(29(36)32-30(2,3)4)33(19-22-11-13-23(31)14-12-22)28(35)20-34(26-9-7-8-10-27(26)40-6)41(37,38)25-17-15-24(39-5)16-18-25/h7-18,21H,19-20H2,1-6H3,(H,32,36)/t21-/m1/s1. The zero-order valence-electron chi connectivity index (χ0n) is 24.0. The number of hydrogen-bond donors (Lipinski definition) is 1. The van der Waals surface area contributed by atoms with Gasteiger partial charge in [-0.3, -0.25) is 13.9 Å². The highest BCUT2D eigenvalue weighted by Crippen LogP contribution is 2.33. The van der Waals surface area contributed by atoms with Gasteiger partial charge in [0.05, 0.1) is 24.8 Å². The molecule has 11 heteroatoms. The summed E-state index contributed by atoms with van der Waals surface area (Å²) in [7, 11) is -1.36. The summed E-state index contributed by atoms with van der Waals surface area (Å²) in [5, 5.41) is 3.43. The topological polar surface area (TPSA) is 105 Å². The third-order valence-corrected chi connectivity index (χ3v) is 8.24. The lowest BCUT2D eigenvalue weighted by Crippen LogP contribution is -2.54. The van der Waals surface area contributed by atoms with Gasteiger partial charge in [-0.05, 0) is 81.8 Å². The number of rotatable bonds is 11. The maximum Gasteiger partial charge on any atom is 0.264 e. The van der Waals surface area contributed by atoms with E-state index in [0.717, 1.165) is 9.87 Å². The van der Waals surface area contributed by atoms with Gasteiger partial charge >= 0.3 is 0 Å². The summed E-state index contributed by atoms with van der Waals surface area (Å²) in [6.45, 7) is 6.60. The van der Waals surface area contributed by atoms with Crippen LogP contribution >= 0.6 is 11.6 Å². The lowest BCUT2D eigenvalue weighted by atomic mass is 10.1. The number of sulfonamides is 1. The molecule has 3 aromatic rings. The quantitative estimate of drug-likeness (QED) is 0.336. The summed E-state index contributed by atoms with van der Waals surface area (Å²) >= 11 is 6.05. The number of para-hydroxylation sites is 2. The SMILES string of the molecule is COc1ccc(S(=O)(=O)N(CC(=O)N(Cc2ccc(Cl)cc2)[C@H](C)C(=O)NC(C)(C)C)c2ccccc2OC)cc1. The molecule has 9 nitrogen and oxygen atoms in total. The Morgan fingerprint density at radius 2 is 1.54 bits per heavy atom. The number of hydrogen-bond acceptors (Lipinski definition) is 6. The molecule has 3 rings (SSSR count). The number of halogens is 1. The minimum atomic E-state index is -4.26. The van der Waals surface area contributed by atoms with Gasteiger partial charge < -0.3 is 19.7 Å². The second-order valence-electron chi connectivity index (χ2n) is 10.4. The smallest absolute Gasteiger partial charge is 0.264 e. The van der Waals surface area contributed by atoms with Crippen LogP contribution < -0.4 is 19.1 Å². The zero-order valence-corrected chi connectivity index (χ0v) is 25.6. The lowest BCUT2D eigenvalue weighted by Gasteiger charge is -2.33. The normalized spacial score (nSPS) is 12.3. The van der Waals surface area contributed by atoms with E-state index in [1.165, 1.54) is 43.4 Å². The summed E-state index contributed by atoms with van der Waals surface area (Å²) in [6.07, 6.45) is 0. The van der Waals surface area contributed by atoms with Gasteiger partial charge in [0, 0.05) is 17.1 Å². The van der Waals surface area contributed by atoms with Gasteiger partial charge in [0.2, 0.25) is 11.8 Å². The Hall–Kier alpha value is -3.76. The van der Waals surface area contributed by atoms with Crippen LogP contribution in [0.1, 0.15) is 33.3 Å². The van der Waals surface area contributed by atoms with Crippen molar-refractivity contribution in [2.75, 3.05) is 25.1 Å². The molecular weight excluding hydrogens is 566 g/mol. The first-order valence-corrected chi connectivity index (χ1v) is 14.7. The van der Waals surface area contributed by atoms with E-state index < -0.39 is 34.1 Å². The number of amides is 2. The van der Waals surface area contributed by atoms with Gasteiger partial charge in [0.15, 0.2) is 0 Å². The number of anilines is 1. The molecule has 0 fully saturated rings. The minimum absolute atomic E-state index is 0.0419. The van der Waals surface area contributed by atoms with Crippen molar-refractivity contribution < 1.29 is 27.5 Å². The van der Waals surface area contributed by atoms with E-state index in [0.29, 0.717) is 10.8 Å². The number of carbonyl (C=O) groups excluding carboxylic acids is 2. The van der Waals surface area contributed by atoms with Gasteiger partial charge in [-0.1, -0.05) is 35.9 Å². The molecule has 1 N–H and O–H groups in total. The molecule has 0 heterocycles. The molecule has 3 aromatic carbocycles. The van der Waals surface area contributed by atoms with Crippen molar-refractivity contribution in [1.82, 2.24) is 10.2 Å². The Bertz CT molecular complexity index is 1450. The van der Waals surface area contributed by atoms with E-state index in [2.05, 4.69) is 5.32 Å². The molecule has 0 unspecified atom stereocenters. The zero-order chi connectivity index (χ0) is 30.4. The first-order valence-electron chi connectivity index (χ1n) is 12.9. The van der Waals surface area contributed by atoms with E-state index in [1.807, 2.05) is 20.8 Å². The highest BCUT2D eigenvalue weighted by atomic mass is 35.5. The Balaban J connectivity index is 2.07. The van der Waals surface area contributed by atoms with Gasteiger partial charge in [0.25, 0.3) is 10.0 Å². The Kier molecular flexibility index (Phi) is 10.3. The molecule has 1 atom stereocenters. The largest absolute Gasteiger partial charge is 0.497 e. The molecule has 0 spiro atoms. The van der Waals surface area contributed by atoms with Crippen LogP contribution in [0.25, 0.3) is 0 Å². The molecule has 0 saturated carbocycles. The summed E-state index contributed by atoms with van der Waals surface area (Å²) in [5.41, 5.74) is 0.360. The van der Waals surface area contributed by atoms with E-state index in [1.54, 1.807) is 55.5 Å². The van der Waals surface area contributed by atoms with Crippen LogP contribution in [0.3, 0.4) is 0 Å². The van der Waals surface area contributed by atoms with E-state index >= 15 is 0 Å². The fraction of sp³-hybridized carbons (Fsp3) is 0.333. The van der Waals surface area contributed by atoms with Gasteiger partial charge in [-0.2, -0.15) is 0 Å². The fourth-order valence-corrected chi connectivity index (χ4v) is 5.62. The minimum Gasteiger partial charge on any atom is -0.497 e. The van der Waals surface area contributed by atoms with Gasteiger partial charge in [-0.15, -0.1) is 0 Å². The number of carbonyl (C=O) groups is 2. The molecule has 0 aliphatic carbocycles. The van der Waals surface area contributed by atoms with Crippen LogP contribution in [0.5, 0.6) is 11.5 Å². The van der Waals surface area contributed by atoms with Crippen molar-refractivity contribution in [1.29, 1.82) is 0 Å². The third-order valence-electron chi connectivity index (χ3n) is 6.21. The molecule has 220 valence electrons. The summed E-state index contributed by atoms with van der Waals surface area (Å²) in [6, 6.07) is 18.4. The van der Waals surface area contributed by atoms with Crippen molar-refractivity contribution in [3.05, 3.63) is 83.4 Å². The van der Waals surface area contributed by atoms with Crippen LogP contribution in [0.2, 0.25) is 5.02 Å². The number of nitrogens with one attached hydrogen (secondary N) is 1. The van der Waals surface area contributed by atoms with E-state index in [-0.39, 0.29) is 28.8 Å². The maximum absolute atomic E-state index is 14.0. The second-order valence-corrected chi connectivity index (χ2v) is 12.7. The fourth-order valence-electron chi connectivity index (χ4n) is 4.07. The van der Waals surface area contributed by atoms with Crippen LogP contribution in [-0.4, -0.2) is 57.5 Å². The number of nitrogens with zero attached hydrogens (tertiary/aromatic N) is 2. The first kappa shape index (κ1) is 31.8. The molecule has 0 bridgehead atoms. The third kappa shape index (κ3) is 8.14. The number of methoxy groups -OCH3 is 2. The van der Waals surface area contributed by atoms with E-state index in [9.17, 15) is 18.0 Å². The van der Waals surface area contributed by atoms with Crippen LogP contribution in [0.4, 0.5) is 5.69 Å². The van der Waals surface area contributed by atoms with E-state index in [4.69, 9.17) is 21.1 Å². The summed E-state index contributed by atoms with van der Waals surface area (Å²) in [5.74, 6) is -0.210. The van der Waals surface area contributed by atoms with Crippen molar-refractivity contribution in [3.63, 3.8) is 0 Å². The predicted molar refractivity (Wildman–Crippen MR) is 160 cm³/mol. The number of benzene rings is 3. The van der Waals surface area contributed by atoms with Crippen LogP contribution in [0.15, 0.2) is 77.7 Å². The monoisotopic (exact) mass is 601 g/mol. The summed E-state index contributed by atoms with van der Waals surface area (Å²) < 4.78 is 39.6. The van der Waals surface area contributed by atoms with Crippen molar-refractivity contribution >= 4 is 39.1 Å². The number of ether oxygens (including phenoxy) is 2. The molecular formula is C30H36ClN3O6S. The van der Waals surface area contributed by atoms with Crippen LogP contribution in [-0.2, 0) is 26.2 Å². The maximum atomic E-state index is 14.0. The van der Waals surface area contributed by atoms with Crippen molar-refractivity contribution in [3.8, 4) is 11.5 Å². The Morgan fingerprint density at radius 1 is 0.927 bits per heavy atom. The average molecular weight is 602 g/mol. The molecule has 0 radical (unpaired) electrons. The predicted octanol–water partition coefficient (Wildman–Crippen LogP) is 4.88. The molecule has 0 aromatic heterocycles. The highest BCUT2D eigenvalue weighted by molar-refractivity contribution is 7.92. The first-order chi connectivity index (χ1) is 19.3. The Morgan fingerprint density at radius 3 is 2.10 bits per heavy atom. The molecule has 0 aliphatic heterocycles. The average Bonchev–Trinajstić information content (AvgIpc) is 2.94. The van der Waals surface area contributed by atoms with Crippen molar-refractivity contribution in [2.45, 2.75) is 50.7 Å². The summed E-state index contributed by atoms with van der Waals surface area (Å²) in [4.78, 5) is 28.6. The molecule has 0 saturated heterocycles. The second kappa shape index (κ2) is 13.3. The molecule has 2 amide bonds. The Labute approximate surface area is 247 Å². The highest BCUT2D eigenvalue weighted by Gasteiger charge is 2.34. The van der Waals surface area contributed by atoms with Gasteiger partial charge in [0.1, 0.15) is 24.1 Å². The molecule has 41 heavy (non-hydrogen) atoms. The van der Waals surface area contributed by atoms with Crippen LogP contribution in [0, 0.1) is 0 Å². The molecule has 0 aliphatic rings. The van der Waals surface area contributed by atoms with Gasteiger partial charge in [-0.25, -0.2) is 8.42 Å². The van der Waals surface area contributed by atoms with Crippen molar-refractivity contribution in [2.24, 2.45) is 0 Å². The lowest BCUT2D eigenvalue weighted by molar-refractivity contribution is -0.140.